The number of anilines is 1. The molecule has 0 spiro atoms. The van der Waals surface area contributed by atoms with Gasteiger partial charge in [0.2, 0.25) is 0 Å². The fraction of sp³-hybridized carbons (Fsp3) is 0.533. The molecular weight excluding hydrogens is 258 g/mol. The molecule has 2 fully saturated rings. The molecule has 2 aliphatic rings. The Morgan fingerprint density at radius 3 is 3.05 bits per heavy atom. The van der Waals surface area contributed by atoms with Crippen molar-refractivity contribution in [3.05, 3.63) is 28.8 Å². The van der Waals surface area contributed by atoms with Gasteiger partial charge in [0, 0.05) is 30.7 Å². The average molecular weight is 276 g/mol. The minimum atomic E-state index is 0.519. The zero-order valence-electron chi connectivity index (χ0n) is 11.1. The molecule has 0 saturated carbocycles. The Morgan fingerprint density at radius 2 is 2.32 bits per heavy atom. The van der Waals surface area contributed by atoms with Crippen LogP contribution in [0.3, 0.4) is 0 Å². The van der Waals surface area contributed by atoms with Gasteiger partial charge in [0.25, 0.3) is 0 Å². The van der Waals surface area contributed by atoms with Crippen LogP contribution in [0.4, 0.5) is 5.69 Å². The third-order valence-corrected chi connectivity index (χ3v) is 4.76. The third kappa shape index (κ3) is 2.09. The second kappa shape index (κ2) is 5.03. The first-order chi connectivity index (χ1) is 9.24. The van der Waals surface area contributed by atoms with Crippen LogP contribution >= 0.6 is 11.6 Å². The van der Waals surface area contributed by atoms with Gasteiger partial charge in [0.1, 0.15) is 6.07 Å². The van der Waals surface area contributed by atoms with Crippen molar-refractivity contribution < 1.29 is 0 Å². The second-order valence-corrected chi connectivity index (χ2v) is 5.92. The van der Waals surface area contributed by atoms with E-state index in [1.54, 1.807) is 6.07 Å². The lowest BCUT2D eigenvalue weighted by molar-refractivity contribution is 0.442. The maximum atomic E-state index is 9.30. The number of benzene rings is 1. The molecule has 3 unspecified atom stereocenters. The Hall–Kier alpha value is -1.24. The Labute approximate surface area is 119 Å². The number of nitriles is 1. The molecule has 2 saturated heterocycles. The zero-order valence-corrected chi connectivity index (χ0v) is 11.8. The minimum Gasteiger partial charge on any atom is -0.367 e. The maximum absolute atomic E-state index is 9.30. The summed E-state index contributed by atoms with van der Waals surface area (Å²) in [4.78, 5) is 2.40. The number of hydrogen-bond donors (Lipinski definition) is 1. The van der Waals surface area contributed by atoms with E-state index in [0.717, 1.165) is 37.3 Å². The molecule has 0 aliphatic carbocycles. The lowest BCUT2D eigenvalue weighted by Gasteiger charge is -2.29. The van der Waals surface area contributed by atoms with Crippen LogP contribution in [-0.2, 0) is 0 Å². The summed E-state index contributed by atoms with van der Waals surface area (Å²) >= 11 is 6.12. The van der Waals surface area contributed by atoms with E-state index < -0.39 is 0 Å². The highest BCUT2D eigenvalue weighted by Crippen LogP contribution is 2.39. The fourth-order valence-electron chi connectivity index (χ4n) is 3.66. The summed E-state index contributed by atoms with van der Waals surface area (Å²) in [5.74, 6) is 1.41. The summed E-state index contributed by atoms with van der Waals surface area (Å²) in [5.41, 5.74) is 1.74. The number of halogens is 1. The summed E-state index contributed by atoms with van der Waals surface area (Å²) in [6.07, 6.45) is 1.11. The Balaban J connectivity index is 1.98. The van der Waals surface area contributed by atoms with E-state index in [1.807, 2.05) is 12.1 Å². The van der Waals surface area contributed by atoms with Crippen molar-refractivity contribution in [3.63, 3.8) is 0 Å². The quantitative estimate of drug-likeness (QED) is 0.902. The standard InChI is InChI=1S/C15H18ClN3/c1-2-14-13-8-18-7-11(13)9-19(14)15-5-12(16)4-3-10(15)6-17/h3-5,11,13-14,18H,2,7-9H2,1H3. The smallest absolute Gasteiger partial charge is 0.101 e. The van der Waals surface area contributed by atoms with Crippen LogP contribution in [0.15, 0.2) is 18.2 Å². The van der Waals surface area contributed by atoms with Crippen LogP contribution in [-0.4, -0.2) is 25.7 Å². The normalized spacial score (nSPS) is 29.3. The van der Waals surface area contributed by atoms with E-state index in [0.29, 0.717) is 22.9 Å². The van der Waals surface area contributed by atoms with Gasteiger partial charge in [-0.25, -0.2) is 0 Å². The van der Waals surface area contributed by atoms with Gasteiger partial charge in [-0.1, -0.05) is 18.5 Å². The molecule has 0 amide bonds. The summed E-state index contributed by atoms with van der Waals surface area (Å²) in [6, 6.07) is 8.38. The molecule has 3 nitrogen and oxygen atoms in total. The first-order valence-corrected chi connectivity index (χ1v) is 7.29. The Bertz CT molecular complexity index is 523. The summed E-state index contributed by atoms with van der Waals surface area (Å²) < 4.78 is 0. The number of fused-ring (bicyclic) bond motifs is 1. The van der Waals surface area contributed by atoms with Gasteiger partial charge in [0.05, 0.1) is 11.3 Å². The molecular formula is C15H18ClN3. The number of nitrogens with zero attached hydrogens (tertiary/aromatic N) is 2. The largest absolute Gasteiger partial charge is 0.367 e. The summed E-state index contributed by atoms with van der Waals surface area (Å²) in [7, 11) is 0. The van der Waals surface area contributed by atoms with E-state index in [2.05, 4.69) is 23.2 Å². The number of nitrogens with one attached hydrogen (secondary N) is 1. The van der Waals surface area contributed by atoms with E-state index in [1.165, 1.54) is 0 Å². The maximum Gasteiger partial charge on any atom is 0.101 e. The van der Waals surface area contributed by atoms with Crippen LogP contribution in [0.1, 0.15) is 18.9 Å². The van der Waals surface area contributed by atoms with Gasteiger partial charge in [-0.2, -0.15) is 5.26 Å². The molecule has 4 heteroatoms. The van der Waals surface area contributed by atoms with Crippen LogP contribution in [0.5, 0.6) is 0 Å². The topological polar surface area (TPSA) is 39.1 Å². The van der Waals surface area contributed by atoms with Gasteiger partial charge < -0.3 is 10.2 Å². The molecule has 3 atom stereocenters. The second-order valence-electron chi connectivity index (χ2n) is 5.48. The summed E-state index contributed by atoms with van der Waals surface area (Å²) in [5, 5.41) is 13.5. The highest BCUT2D eigenvalue weighted by atomic mass is 35.5. The Kier molecular flexibility index (Phi) is 3.38. The number of hydrogen-bond acceptors (Lipinski definition) is 3. The SMILES string of the molecule is CCC1C2CNCC2CN1c1cc(Cl)ccc1C#N. The monoisotopic (exact) mass is 275 g/mol. The highest BCUT2D eigenvalue weighted by molar-refractivity contribution is 6.30. The van der Waals surface area contributed by atoms with Crippen molar-refractivity contribution in [2.75, 3.05) is 24.5 Å². The third-order valence-electron chi connectivity index (χ3n) is 4.53. The van der Waals surface area contributed by atoms with Crippen LogP contribution in [0.25, 0.3) is 0 Å². The van der Waals surface area contributed by atoms with Gasteiger partial charge in [0.15, 0.2) is 0 Å². The van der Waals surface area contributed by atoms with Crippen molar-refractivity contribution in [2.24, 2.45) is 11.8 Å². The Morgan fingerprint density at radius 1 is 1.47 bits per heavy atom. The van der Waals surface area contributed by atoms with Crippen molar-refractivity contribution in [3.8, 4) is 6.07 Å². The van der Waals surface area contributed by atoms with Gasteiger partial charge in [-0.3, -0.25) is 0 Å². The zero-order chi connectivity index (χ0) is 13.4. The van der Waals surface area contributed by atoms with Gasteiger partial charge in [-0.05, 0) is 36.5 Å². The molecule has 0 aromatic heterocycles. The molecule has 1 aromatic carbocycles. The van der Waals surface area contributed by atoms with Crippen molar-refractivity contribution in [1.29, 1.82) is 5.26 Å². The van der Waals surface area contributed by atoms with Crippen LogP contribution < -0.4 is 10.2 Å². The molecule has 2 heterocycles. The van der Waals surface area contributed by atoms with Gasteiger partial charge in [-0.15, -0.1) is 0 Å². The minimum absolute atomic E-state index is 0.519. The summed E-state index contributed by atoms with van der Waals surface area (Å²) in [6.45, 7) is 5.46. The molecule has 1 N–H and O–H groups in total. The first kappa shape index (κ1) is 12.8. The molecule has 0 radical (unpaired) electrons. The first-order valence-electron chi connectivity index (χ1n) is 6.91. The van der Waals surface area contributed by atoms with Crippen molar-refractivity contribution >= 4 is 17.3 Å². The molecule has 0 bridgehead atoms. The fourth-order valence-corrected chi connectivity index (χ4v) is 3.83. The molecule has 3 rings (SSSR count). The van der Waals surface area contributed by atoms with Crippen molar-refractivity contribution in [2.45, 2.75) is 19.4 Å². The van der Waals surface area contributed by atoms with E-state index in [4.69, 9.17) is 11.6 Å². The van der Waals surface area contributed by atoms with E-state index in [9.17, 15) is 5.26 Å². The van der Waals surface area contributed by atoms with Crippen LogP contribution in [0.2, 0.25) is 5.02 Å². The van der Waals surface area contributed by atoms with Gasteiger partial charge >= 0.3 is 0 Å². The lowest BCUT2D eigenvalue weighted by atomic mass is 9.93. The molecule has 19 heavy (non-hydrogen) atoms. The average Bonchev–Trinajstić information content (AvgIpc) is 2.98. The molecule has 1 aromatic rings. The van der Waals surface area contributed by atoms with Crippen molar-refractivity contribution in [1.82, 2.24) is 5.32 Å². The van der Waals surface area contributed by atoms with E-state index in [-0.39, 0.29) is 0 Å². The molecule has 100 valence electrons. The van der Waals surface area contributed by atoms with E-state index >= 15 is 0 Å². The number of rotatable bonds is 2. The predicted octanol–water partition coefficient (Wildman–Crippen LogP) is 2.65. The van der Waals surface area contributed by atoms with Crippen LogP contribution in [0, 0.1) is 23.2 Å². The highest BCUT2D eigenvalue weighted by Gasteiger charge is 2.43. The molecule has 2 aliphatic heterocycles. The lowest BCUT2D eigenvalue weighted by Crippen LogP contribution is -2.35. The predicted molar refractivity (Wildman–Crippen MR) is 77.4 cm³/mol.